The molecule has 5 rings (SSSR count). The Labute approximate surface area is 147 Å². The standard InChI is InChI=1S/C18H14FN5S/c19-15-4-3-14-10-23(7-5-12(14)8-15)18-22-24-11-16(21-17(24)25-18)13-2-1-6-20-9-13/h1-4,6,8-9,11H,5,7,10H2. The van der Waals surface area contributed by atoms with E-state index < -0.39 is 0 Å². The van der Waals surface area contributed by atoms with Crippen LogP contribution in [0, 0.1) is 5.82 Å². The van der Waals surface area contributed by atoms with Crippen molar-refractivity contribution in [2.24, 2.45) is 0 Å². The van der Waals surface area contributed by atoms with Gasteiger partial charge in [0.1, 0.15) is 5.82 Å². The van der Waals surface area contributed by atoms with Crippen LogP contribution in [-0.2, 0) is 13.0 Å². The van der Waals surface area contributed by atoms with Gasteiger partial charge in [-0.25, -0.2) is 13.9 Å². The zero-order valence-electron chi connectivity index (χ0n) is 13.3. The van der Waals surface area contributed by atoms with Gasteiger partial charge in [-0.1, -0.05) is 17.4 Å². The van der Waals surface area contributed by atoms with Crippen LogP contribution >= 0.6 is 11.3 Å². The summed E-state index contributed by atoms with van der Waals surface area (Å²) in [6.45, 7) is 1.59. The van der Waals surface area contributed by atoms with E-state index in [-0.39, 0.29) is 5.82 Å². The highest BCUT2D eigenvalue weighted by Gasteiger charge is 2.21. The summed E-state index contributed by atoms with van der Waals surface area (Å²) in [7, 11) is 0. The lowest BCUT2D eigenvalue weighted by molar-refractivity contribution is 0.619. The number of pyridine rings is 1. The lowest BCUT2D eigenvalue weighted by Crippen LogP contribution is -2.30. The van der Waals surface area contributed by atoms with E-state index in [1.807, 2.05) is 28.9 Å². The number of fused-ring (bicyclic) bond motifs is 2. The van der Waals surface area contributed by atoms with Crippen molar-refractivity contribution in [1.82, 2.24) is 19.6 Å². The minimum atomic E-state index is -0.164. The van der Waals surface area contributed by atoms with E-state index in [0.717, 1.165) is 52.0 Å². The lowest BCUT2D eigenvalue weighted by Gasteiger charge is -2.28. The van der Waals surface area contributed by atoms with Gasteiger partial charge in [0.2, 0.25) is 10.1 Å². The highest BCUT2D eigenvalue weighted by atomic mass is 32.1. The number of nitrogens with zero attached hydrogens (tertiary/aromatic N) is 5. The van der Waals surface area contributed by atoms with Crippen LogP contribution in [-0.4, -0.2) is 26.1 Å². The summed E-state index contributed by atoms with van der Waals surface area (Å²) in [4.78, 5) is 11.9. The Hall–Kier alpha value is -2.80. The fourth-order valence-corrected chi connectivity index (χ4v) is 4.06. The second-order valence-electron chi connectivity index (χ2n) is 6.06. The summed E-state index contributed by atoms with van der Waals surface area (Å²) in [6.07, 6.45) is 6.31. The van der Waals surface area contributed by atoms with Gasteiger partial charge in [0, 0.05) is 31.0 Å². The molecule has 3 aromatic heterocycles. The van der Waals surface area contributed by atoms with Crippen molar-refractivity contribution in [1.29, 1.82) is 0 Å². The monoisotopic (exact) mass is 351 g/mol. The molecule has 0 spiro atoms. The number of aromatic nitrogens is 4. The van der Waals surface area contributed by atoms with E-state index in [4.69, 9.17) is 0 Å². The van der Waals surface area contributed by atoms with E-state index in [9.17, 15) is 4.39 Å². The number of halogens is 1. The van der Waals surface area contributed by atoms with E-state index in [2.05, 4.69) is 20.0 Å². The molecule has 0 bridgehead atoms. The van der Waals surface area contributed by atoms with Gasteiger partial charge in [0.25, 0.3) is 0 Å². The van der Waals surface area contributed by atoms with Crippen molar-refractivity contribution in [2.45, 2.75) is 13.0 Å². The van der Waals surface area contributed by atoms with Gasteiger partial charge in [0.05, 0.1) is 11.9 Å². The number of anilines is 1. The Kier molecular flexibility index (Phi) is 3.27. The van der Waals surface area contributed by atoms with E-state index in [0.29, 0.717) is 0 Å². The molecule has 7 heteroatoms. The average Bonchev–Trinajstić information content (AvgIpc) is 3.21. The smallest absolute Gasteiger partial charge is 0.214 e. The van der Waals surface area contributed by atoms with Crippen LogP contribution in [0.2, 0.25) is 0 Å². The first kappa shape index (κ1) is 14.5. The van der Waals surface area contributed by atoms with Crippen LogP contribution in [0.15, 0.2) is 48.9 Å². The molecule has 1 aromatic carbocycles. The van der Waals surface area contributed by atoms with Gasteiger partial charge in [-0.3, -0.25) is 4.98 Å². The average molecular weight is 351 g/mol. The zero-order chi connectivity index (χ0) is 16.8. The molecule has 4 heterocycles. The van der Waals surface area contributed by atoms with Gasteiger partial charge < -0.3 is 4.90 Å². The van der Waals surface area contributed by atoms with E-state index in [1.165, 1.54) is 6.07 Å². The minimum Gasteiger partial charge on any atom is -0.342 e. The van der Waals surface area contributed by atoms with Crippen LogP contribution < -0.4 is 4.90 Å². The topological polar surface area (TPSA) is 46.3 Å². The van der Waals surface area contributed by atoms with Crippen LogP contribution in [0.3, 0.4) is 0 Å². The molecule has 0 N–H and O–H groups in total. The molecule has 0 aliphatic carbocycles. The summed E-state index contributed by atoms with van der Waals surface area (Å²) in [6, 6.07) is 8.92. The largest absolute Gasteiger partial charge is 0.342 e. The Bertz CT molecular complexity index is 1020. The molecular formula is C18H14FN5S. The van der Waals surface area contributed by atoms with E-state index >= 15 is 0 Å². The van der Waals surface area contributed by atoms with Crippen LogP contribution in [0.4, 0.5) is 9.52 Å². The van der Waals surface area contributed by atoms with Crippen molar-refractivity contribution >= 4 is 21.4 Å². The Morgan fingerprint density at radius 1 is 1.16 bits per heavy atom. The number of hydrogen-bond donors (Lipinski definition) is 0. The molecule has 5 nitrogen and oxygen atoms in total. The molecule has 25 heavy (non-hydrogen) atoms. The zero-order valence-corrected chi connectivity index (χ0v) is 14.1. The third kappa shape index (κ3) is 2.56. The maximum Gasteiger partial charge on any atom is 0.214 e. The van der Waals surface area contributed by atoms with Crippen LogP contribution in [0.25, 0.3) is 16.2 Å². The molecule has 0 fully saturated rings. The third-order valence-corrected chi connectivity index (χ3v) is 5.42. The highest BCUT2D eigenvalue weighted by Crippen LogP contribution is 2.30. The summed E-state index contributed by atoms with van der Waals surface area (Å²) < 4.78 is 15.2. The fourth-order valence-electron chi connectivity index (χ4n) is 3.16. The highest BCUT2D eigenvalue weighted by molar-refractivity contribution is 7.20. The van der Waals surface area contributed by atoms with E-state index in [1.54, 1.807) is 29.8 Å². The molecule has 124 valence electrons. The lowest BCUT2D eigenvalue weighted by atomic mass is 10.0. The number of hydrogen-bond acceptors (Lipinski definition) is 5. The predicted octanol–water partition coefficient (Wildman–Crippen LogP) is 3.55. The quantitative estimate of drug-likeness (QED) is 0.554. The predicted molar refractivity (Wildman–Crippen MR) is 95.2 cm³/mol. The molecule has 0 unspecified atom stereocenters. The molecule has 1 aliphatic heterocycles. The molecule has 0 amide bonds. The van der Waals surface area contributed by atoms with Gasteiger partial charge in [0.15, 0.2) is 0 Å². The summed E-state index contributed by atoms with van der Waals surface area (Å²) in [5, 5.41) is 5.62. The van der Waals surface area contributed by atoms with Crippen LogP contribution in [0.5, 0.6) is 0 Å². The van der Waals surface area contributed by atoms with Gasteiger partial charge in [-0.2, -0.15) is 0 Å². The molecule has 0 radical (unpaired) electrons. The third-order valence-electron chi connectivity index (χ3n) is 4.44. The normalized spacial score (nSPS) is 14.0. The van der Waals surface area contributed by atoms with Crippen molar-refractivity contribution in [3.05, 3.63) is 65.9 Å². The molecule has 0 saturated carbocycles. The van der Waals surface area contributed by atoms with Gasteiger partial charge in [-0.05, 0) is 41.8 Å². The first-order chi connectivity index (χ1) is 12.3. The molecule has 1 aliphatic rings. The van der Waals surface area contributed by atoms with Crippen molar-refractivity contribution in [3.63, 3.8) is 0 Å². The molecule has 0 atom stereocenters. The number of benzene rings is 1. The molecular weight excluding hydrogens is 337 g/mol. The fraction of sp³-hybridized carbons (Fsp3) is 0.167. The van der Waals surface area contributed by atoms with Crippen molar-refractivity contribution in [2.75, 3.05) is 11.4 Å². The minimum absolute atomic E-state index is 0.164. The summed E-state index contributed by atoms with van der Waals surface area (Å²) >= 11 is 1.57. The summed E-state index contributed by atoms with van der Waals surface area (Å²) in [5.41, 5.74) is 4.11. The first-order valence-electron chi connectivity index (χ1n) is 8.05. The van der Waals surface area contributed by atoms with Crippen LogP contribution in [0.1, 0.15) is 11.1 Å². The van der Waals surface area contributed by atoms with Gasteiger partial charge >= 0.3 is 0 Å². The van der Waals surface area contributed by atoms with Gasteiger partial charge in [-0.15, -0.1) is 5.10 Å². The first-order valence-corrected chi connectivity index (χ1v) is 8.87. The second-order valence-corrected chi connectivity index (χ2v) is 7.00. The molecule has 0 saturated heterocycles. The maximum absolute atomic E-state index is 13.4. The SMILES string of the molecule is Fc1ccc2c(c1)CCN(c1nn3cc(-c4cccnc4)nc3s1)C2. The van der Waals surface area contributed by atoms with Crippen molar-refractivity contribution < 1.29 is 4.39 Å². The van der Waals surface area contributed by atoms with Crippen molar-refractivity contribution in [3.8, 4) is 11.3 Å². The Morgan fingerprint density at radius 3 is 2.96 bits per heavy atom. The summed E-state index contributed by atoms with van der Waals surface area (Å²) in [5.74, 6) is -0.164. The molecule has 4 aromatic rings. The second kappa shape index (κ2) is 5.63. The number of rotatable bonds is 2. The Balaban J connectivity index is 1.44. The Morgan fingerprint density at radius 2 is 2.12 bits per heavy atom. The maximum atomic E-state index is 13.4. The number of imidazole rings is 1.